The van der Waals surface area contributed by atoms with Crippen LogP contribution < -0.4 is 15.8 Å². The van der Waals surface area contributed by atoms with Crippen LogP contribution in [0.5, 0.6) is 5.75 Å². The third-order valence-electron chi connectivity index (χ3n) is 2.71. The van der Waals surface area contributed by atoms with Gasteiger partial charge in [0.2, 0.25) is 0 Å². The lowest BCUT2D eigenvalue weighted by atomic mass is 10.2. The van der Waals surface area contributed by atoms with Gasteiger partial charge in [0.15, 0.2) is 0 Å². The Bertz CT molecular complexity index is 543. The minimum Gasteiger partial charge on any atom is -0.496 e. The molecule has 0 saturated carbocycles. The lowest BCUT2D eigenvalue weighted by molar-refractivity contribution is 0.410. The number of nitrogens with two attached hydrogens (primary N) is 1. The van der Waals surface area contributed by atoms with Gasteiger partial charge in [0.1, 0.15) is 11.6 Å². The number of methoxy groups -OCH3 is 1. The van der Waals surface area contributed by atoms with Crippen LogP contribution in [0.4, 0.5) is 15.8 Å². The standard InChI is InChI=1S/C14H15FN2O/c1-18-13-8-3-2-5-10(13)9-17-12-7-4-6-11(15)14(12)16/h2-8,17H,9,16H2,1H3. The molecule has 2 aromatic rings. The Morgan fingerprint density at radius 3 is 2.72 bits per heavy atom. The Labute approximate surface area is 105 Å². The Hall–Kier alpha value is -2.23. The van der Waals surface area contributed by atoms with Crippen LogP contribution in [0.15, 0.2) is 42.5 Å². The lowest BCUT2D eigenvalue weighted by Crippen LogP contribution is -2.05. The van der Waals surface area contributed by atoms with Gasteiger partial charge in [-0.2, -0.15) is 0 Å². The summed E-state index contributed by atoms with van der Waals surface area (Å²) in [6.45, 7) is 0.525. The third kappa shape index (κ3) is 2.53. The fourth-order valence-corrected chi connectivity index (χ4v) is 1.73. The molecule has 94 valence electrons. The fourth-order valence-electron chi connectivity index (χ4n) is 1.73. The highest BCUT2D eigenvalue weighted by atomic mass is 19.1. The van der Waals surface area contributed by atoms with Crippen molar-refractivity contribution in [1.29, 1.82) is 0 Å². The van der Waals surface area contributed by atoms with Crippen molar-refractivity contribution >= 4 is 11.4 Å². The van der Waals surface area contributed by atoms with Crippen LogP contribution in [0.2, 0.25) is 0 Å². The summed E-state index contributed by atoms with van der Waals surface area (Å²) in [5.74, 6) is 0.375. The summed E-state index contributed by atoms with van der Waals surface area (Å²) in [5, 5.41) is 3.10. The second kappa shape index (κ2) is 5.40. The van der Waals surface area contributed by atoms with Crippen molar-refractivity contribution < 1.29 is 9.13 Å². The van der Waals surface area contributed by atoms with E-state index in [-0.39, 0.29) is 5.69 Å². The number of nitrogen functional groups attached to an aromatic ring is 1. The molecular weight excluding hydrogens is 231 g/mol. The highest BCUT2D eigenvalue weighted by Crippen LogP contribution is 2.23. The Kier molecular flexibility index (Phi) is 3.67. The van der Waals surface area contributed by atoms with Crippen LogP contribution in [0, 0.1) is 5.82 Å². The van der Waals surface area contributed by atoms with E-state index in [0.29, 0.717) is 12.2 Å². The largest absolute Gasteiger partial charge is 0.496 e. The second-order valence-corrected chi connectivity index (χ2v) is 3.87. The van der Waals surface area contributed by atoms with Crippen LogP contribution in [0.3, 0.4) is 0 Å². The van der Waals surface area contributed by atoms with Gasteiger partial charge in [0, 0.05) is 12.1 Å². The quantitative estimate of drug-likeness (QED) is 0.815. The monoisotopic (exact) mass is 246 g/mol. The molecule has 0 aromatic heterocycles. The van der Waals surface area contributed by atoms with Gasteiger partial charge >= 0.3 is 0 Å². The zero-order valence-electron chi connectivity index (χ0n) is 10.1. The van der Waals surface area contributed by atoms with Gasteiger partial charge in [-0.3, -0.25) is 0 Å². The molecule has 0 saturated heterocycles. The van der Waals surface area contributed by atoms with Gasteiger partial charge in [-0.15, -0.1) is 0 Å². The fraction of sp³-hybridized carbons (Fsp3) is 0.143. The predicted octanol–water partition coefficient (Wildman–Crippen LogP) is 3.03. The molecule has 0 fully saturated rings. The zero-order chi connectivity index (χ0) is 13.0. The smallest absolute Gasteiger partial charge is 0.148 e. The van der Waals surface area contributed by atoms with Gasteiger partial charge in [-0.05, 0) is 18.2 Å². The van der Waals surface area contributed by atoms with Gasteiger partial charge in [-0.25, -0.2) is 4.39 Å². The topological polar surface area (TPSA) is 47.3 Å². The molecular formula is C14H15FN2O. The van der Waals surface area contributed by atoms with Crippen molar-refractivity contribution in [2.24, 2.45) is 0 Å². The molecule has 2 aromatic carbocycles. The Morgan fingerprint density at radius 2 is 1.94 bits per heavy atom. The van der Waals surface area contributed by atoms with E-state index in [2.05, 4.69) is 5.32 Å². The Balaban J connectivity index is 2.14. The number of hydrogen-bond acceptors (Lipinski definition) is 3. The van der Waals surface area contributed by atoms with Crippen LogP contribution in [-0.2, 0) is 6.54 Å². The number of rotatable bonds is 4. The minimum absolute atomic E-state index is 0.132. The van der Waals surface area contributed by atoms with Crippen molar-refractivity contribution in [2.75, 3.05) is 18.2 Å². The van der Waals surface area contributed by atoms with Crippen molar-refractivity contribution in [3.8, 4) is 5.75 Å². The molecule has 0 aliphatic rings. The molecule has 0 heterocycles. The number of para-hydroxylation sites is 2. The summed E-state index contributed by atoms with van der Waals surface area (Å²) >= 11 is 0. The molecule has 2 rings (SSSR count). The summed E-state index contributed by atoms with van der Waals surface area (Å²) in [6.07, 6.45) is 0. The van der Waals surface area contributed by atoms with Crippen molar-refractivity contribution in [2.45, 2.75) is 6.54 Å². The van der Waals surface area contributed by atoms with Crippen molar-refractivity contribution in [1.82, 2.24) is 0 Å². The molecule has 0 radical (unpaired) electrons. The molecule has 4 heteroatoms. The van der Waals surface area contributed by atoms with Crippen LogP contribution in [-0.4, -0.2) is 7.11 Å². The van der Waals surface area contributed by atoms with E-state index in [4.69, 9.17) is 10.5 Å². The highest BCUT2D eigenvalue weighted by Gasteiger charge is 2.05. The van der Waals surface area contributed by atoms with E-state index in [1.54, 1.807) is 19.2 Å². The first-order valence-electron chi connectivity index (χ1n) is 5.62. The first-order chi connectivity index (χ1) is 8.72. The highest BCUT2D eigenvalue weighted by molar-refractivity contribution is 5.66. The van der Waals surface area contributed by atoms with Crippen LogP contribution in [0.25, 0.3) is 0 Å². The van der Waals surface area contributed by atoms with E-state index < -0.39 is 5.82 Å². The second-order valence-electron chi connectivity index (χ2n) is 3.87. The SMILES string of the molecule is COc1ccccc1CNc1cccc(F)c1N. The molecule has 0 aliphatic heterocycles. The van der Waals surface area contributed by atoms with Crippen molar-refractivity contribution in [3.05, 3.63) is 53.8 Å². The summed E-state index contributed by atoms with van der Waals surface area (Å²) in [6, 6.07) is 12.4. The maximum atomic E-state index is 13.3. The predicted molar refractivity (Wildman–Crippen MR) is 71.1 cm³/mol. The molecule has 0 unspecified atom stereocenters. The third-order valence-corrected chi connectivity index (χ3v) is 2.71. The van der Waals surface area contributed by atoms with Gasteiger partial charge in [0.25, 0.3) is 0 Å². The molecule has 0 amide bonds. The first kappa shape index (κ1) is 12.2. The molecule has 0 atom stereocenters. The molecule has 18 heavy (non-hydrogen) atoms. The lowest BCUT2D eigenvalue weighted by Gasteiger charge is -2.12. The maximum absolute atomic E-state index is 13.3. The van der Waals surface area contributed by atoms with Gasteiger partial charge < -0.3 is 15.8 Å². The minimum atomic E-state index is -0.417. The average Bonchev–Trinajstić information content (AvgIpc) is 2.41. The summed E-state index contributed by atoms with van der Waals surface area (Å²) < 4.78 is 18.5. The van der Waals surface area contributed by atoms with Crippen molar-refractivity contribution in [3.63, 3.8) is 0 Å². The van der Waals surface area contributed by atoms with E-state index in [1.165, 1.54) is 6.07 Å². The van der Waals surface area contributed by atoms with Gasteiger partial charge in [-0.1, -0.05) is 24.3 Å². The molecule has 3 N–H and O–H groups in total. The molecule has 3 nitrogen and oxygen atoms in total. The maximum Gasteiger partial charge on any atom is 0.148 e. The number of halogens is 1. The number of benzene rings is 2. The van der Waals surface area contributed by atoms with Crippen LogP contribution in [0.1, 0.15) is 5.56 Å². The van der Waals surface area contributed by atoms with E-state index in [1.807, 2.05) is 24.3 Å². The number of nitrogens with one attached hydrogen (secondary N) is 1. The average molecular weight is 246 g/mol. The summed E-state index contributed by atoms with van der Waals surface area (Å²) in [7, 11) is 1.62. The Morgan fingerprint density at radius 1 is 1.17 bits per heavy atom. The zero-order valence-corrected chi connectivity index (χ0v) is 10.1. The number of hydrogen-bond donors (Lipinski definition) is 2. The number of anilines is 2. The summed E-state index contributed by atoms with van der Waals surface area (Å²) in [4.78, 5) is 0. The van der Waals surface area contributed by atoms with E-state index in [0.717, 1.165) is 11.3 Å². The van der Waals surface area contributed by atoms with E-state index in [9.17, 15) is 4.39 Å². The molecule has 0 bridgehead atoms. The van der Waals surface area contributed by atoms with E-state index >= 15 is 0 Å². The summed E-state index contributed by atoms with van der Waals surface area (Å²) in [5.41, 5.74) is 7.35. The molecule has 0 spiro atoms. The van der Waals surface area contributed by atoms with Gasteiger partial charge in [0.05, 0.1) is 18.5 Å². The normalized spacial score (nSPS) is 10.1. The van der Waals surface area contributed by atoms with Crippen LogP contribution >= 0.6 is 0 Å². The molecule has 0 aliphatic carbocycles. The number of ether oxygens (including phenoxy) is 1. The first-order valence-corrected chi connectivity index (χ1v) is 5.62.